The molecule has 2 rings (SSSR count). The molecule has 1 aliphatic heterocycles. The van der Waals surface area contributed by atoms with Gasteiger partial charge in [0.05, 0.1) is 12.2 Å². The Morgan fingerprint density at radius 2 is 1.36 bits per heavy atom. The number of nitrogens with one attached hydrogen (secondary N) is 1. The van der Waals surface area contributed by atoms with Gasteiger partial charge in [-0.15, -0.1) is 0 Å². The summed E-state index contributed by atoms with van der Waals surface area (Å²) in [5.74, 6) is 1.21. The molecule has 0 aromatic heterocycles. The van der Waals surface area contributed by atoms with Crippen LogP contribution in [-0.4, -0.2) is 35.5 Å². The third-order valence-electron chi connectivity index (χ3n) is 3.01. The fourth-order valence-corrected chi connectivity index (χ4v) is 2.27. The number of aliphatic hydroxyl groups excluding tert-OH is 2. The van der Waals surface area contributed by atoms with Crippen molar-refractivity contribution >= 4 is 0 Å². The molecule has 0 aromatic carbocycles. The molecule has 1 heterocycles. The lowest BCUT2D eigenvalue weighted by molar-refractivity contribution is -0.0372. The Kier molecular flexibility index (Phi) is 1.87. The number of hydrogen-bond donors (Lipinski definition) is 3. The summed E-state index contributed by atoms with van der Waals surface area (Å²) in [6.07, 6.45) is 0.602. The van der Waals surface area contributed by atoms with Crippen LogP contribution in [0.3, 0.4) is 0 Å². The minimum absolute atomic E-state index is 0.476. The van der Waals surface area contributed by atoms with E-state index in [2.05, 4.69) is 5.32 Å². The van der Waals surface area contributed by atoms with Gasteiger partial charge in [-0.2, -0.15) is 0 Å². The molecular formula is C8H15NO2. The second-order valence-electron chi connectivity index (χ2n) is 3.78. The molecule has 0 unspecified atom stereocenters. The van der Waals surface area contributed by atoms with Gasteiger partial charge in [-0.25, -0.2) is 0 Å². The van der Waals surface area contributed by atoms with Gasteiger partial charge in [0.2, 0.25) is 0 Å². The molecule has 3 nitrogen and oxygen atoms in total. The van der Waals surface area contributed by atoms with Crippen LogP contribution in [0.25, 0.3) is 0 Å². The van der Waals surface area contributed by atoms with E-state index in [0.29, 0.717) is 11.8 Å². The fourth-order valence-electron chi connectivity index (χ4n) is 2.27. The van der Waals surface area contributed by atoms with E-state index in [1.165, 1.54) is 0 Å². The van der Waals surface area contributed by atoms with Gasteiger partial charge in [-0.3, -0.25) is 0 Å². The molecule has 3 N–H and O–H groups in total. The maximum absolute atomic E-state index is 9.35. The highest BCUT2D eigenvalue weighted by molar-refractivity contribution is 4.91. The van der Waals surface area contributed by atoms with Gasteiger partial charge in [0, 0.05) is 0 Å². The van der Waals surface area contributed by atoms with Gasteiger partial charge < -0.3 is 15.5 Å². The Balaban J connectivity index is 2.00. The average Bonchev–Trinajstić information content (AvgIpc) is 2.36. The van der Waals surface area contributed by atoms with Crippen molar-refractivity contribution in [1.82, 2.24) is 5.32 Å². The molecule has 2 fully saturated rings. The fraction of sp³-hybridized carbons (Fsp3) is 1.00. The van der Waals surface area contributed by atoms with Crippen LogP contribution in [0.5, 0.6) is 0 Å². The molecule has 0 spiro atoms. The molecule has 0 amide bonds. The molecule has 2 aliphatic rings. The van der Waals surface area contributed by atoms with Crippen LogP contribution in [-0.2, 0) is 0 Å². The molecule has 1 saturated heterocycles. The molecule has 11 heavy (non-hydrogen) atoms. The van der Waals surface area contributed by atoms with E-state index in [0.717, 1.165) is 25.9 Å². The second-order valence-corrected chi connectivity index (χ2v) is 3.78. The predicted octanol–water partition coefficient (Wildman–Crippen LogP) is -0.662. The maximum atomic E-state index is 9.35. The summed E-state index contributed by atoms with van der Waals surface area (Å²) in [5, 5.41) is 22.0. The minimum atomic E-state index is -0.476. The van der Waals surface area contributed by atoms with Crippen molar-refractivity contribution in [1.29, 1.82) is 0 Å². The summed E-state index contributed by atoms with van der Waals surface area (Å²) in [4.78, 5) is 0. The summed E-state index contributed by atoms with van der Waals surface area (Å²) < 4.78 is 0. The summed E-state index contributed by atoms with van der Waals surface area (Å²) in [6.45, 7) is 2.04. The van der Waals surface area contributed by atoms with Crippen LogP contribution in [0.4, 0.5) is 0 Å². The van der Waals surface area contributed by atoms with Crippen LogP contribution < -0.4 is 5.32 Å². The number of fused-ring (bicyclic) bond motifs is 1. The zero-order valence-corrected chi connectivity index (χ0v) is 6.53. The Bertz CT molecular complexity index is 135. The SMILES string of the molecule is O[C@@H]1C[C@@H]2CNC[C@@H]2C[C@@H]1O. The van der Waals surface area contributed by atoms with Crippen LogP contribution in [0.15, 0.2) is 0 Å². The van der Waals surface area contributed by atoms with Gasteiger partial charge >= 0.3 is 0 Å². The highest BCUT2D eigenvalue weighted by Gasteiger charge is 2.37. The van der Waals surface area contributed by atoms with Crippen molar-refractivity contribution in [3.63, 3.8) is 0 Å². The zero-order valence-electron chi connectivity index (χ0n) is 6.53. The first kappa shape index (κ1) is 7.53. The lowest BCUT2D eigenvalue weighted by atomic mass is 9.79. The van der Waals surface area contributed by atoms with Crippen molar-refractivity contribution in [3.8, 4) is 0 Å². The Labute approximate surface area is 66.4 Å². The smallest absolute Gasteiger partial charge is 0.0802 e. The Morgan fingerprint density at radius 1 is 0.909 bits per heavy atom. The third kappa shape index (κ3) is 1.28. The van der Waals surface area contributed by atoms with E-state index in [1.807, 2.05) is 0 Å². The van der Waals surface area contributed by atoms with Crippen molar-refractivity contribution in [3.05, 3.63) is 0 Å². The second kappa shape index (κ2) is 2.73. The summed E-state index contributed by atoms with van der Waals surface area (Å²) >= 11 is 0. The maximum Gasteiger partial charge on any atom is 0.0802 e. The van der Waals surface area contributed by atoms with E-state index in [1.54, 1.807) is 0 Å². The lowest BCUT2D eigenvalue weighted by Gasteiger charge is -2.32. The predicted molar refractivity (Wildman–Crippen MR) is 41.1 cm³/mol. The van der Waals surface area contributed by atoms with Crippen molar-refractivity contribution in [2.45, 2.75) is 25.0 Å². The first-order valence-corrected chi connectivity index (χ1v) is 4.34. The van der Waals surface area contributed by atoms with Crippen LogP contribution >= 0.6 is 0 Å². The normalized spacial score (nSPS) is 50.7. The quantitative estimate of drug-likeness (QED) is 0.437. The van der Waals surface area contributed by atoms with Gasteiger partial charge in [-0.05, 0) is 37.8 Å². The highest BCUT2D eigenvalue weighted by atomic mass is 16.3. The standard InChI is InChI=1S/C8H15NO2/c10-7-1-5-3-9-4-6(5)2-8(7)11/h5-11H,1-4H2/t5-,6+,7-,8+. The number of rotatable bonds is 0. The topological polar surface area (TPSA) is 52.5 Å². The van der Waals surface area contributed by atoms with Crippen LogP contribution in [0, 0.1) is 11.8 Å². The van der Waals surface area contributed by atoms with Crippen LogP contribution in [0.1, 0.15) is 12.8 Å². The zero-order chi connectivity index (χ0) is 7.84. The van der Waals surface area contributed by atoms with Gasteiger partial charge in [0.1, 0.15) is 0 Å². The number of aliphatic hydroxyl groups is 2. The highest BCUT2D eigenvalue weighted by Crippen LogP contribution is 2.32. The van der Waals surface area contributed by atoms with Crippen molar-refractivity contribution in [2.24, 2.45) is 11.8 Å². The summed E-state index contributed by atoms with van der Waals surface area (Å²) in [5.41, 5.74) is 0. The molecule has 1 saturated carbocycles. The molecule has 4 atom stereocenters. The van der Waals surface area contributed by atoms with E-state index in [9.17, 15) is 10.2 Å². The van der Waals surface area contributed by atoms with E-state index < -0.39 is 12.2 Å². The lowest BCUT2D eigenvalue weighted by Crippen LogP contribution is -2.38. The molecule has 0 aromatic rings. The molecule has 1 aliphatic carbocycles. The molecule has 0 bridgehead atoms. The average molecular weight is 157 g/mol. The largest absolute Gasteiger partial charge is 0.390 e. The molecule has 0 radical (unpaired) electrons. The first-order chi connectivity index (χ1) is 5.27. The molecular weight excluding hydrogens is 142 g/mol. The minimum Gasteiger partial charge on any atom is -0.390 e. The molecule has 3 heteroatoms. The monoisotopic (exact) mass is 157 g/mol. The van der Waals surface area contributed by atoms with Gasteiger partial charge in [0.15, 0.2) is 0 Å². The Morgan fingerprint density at radius 3 is 1.82 bits per heavy atom. The van der Waals surface area contributed by atoms with Gasteiger partial charge in [0.25, 0.3) is 0 Å². The Hall–Kier alpha value is -0.120. The van der Waals surface area contributed by atoms with Gasteiger partial charge in [-0.1, -0.05) is 0 Å². The van der Waals surface area contributed by atoms with Crippen LogP contribution in [0.2, 0.25) is 0 Å². The van der Waals surface area contributed by atoms with E-state index in [-0.39, 0.29) is 0 Å². The molecule has 64 valence electrons. The number of hydrogen-bond acceptors (Lipinski definition) is 3. The summed E-state index contributed by atoms with van der Waals surface area (Å²) in [6, 6.07) is 0. The third-order valence-corrected chi connectivity index (χ3v) is 3.01. The van der Waals surface area contributed by atoms with E-state index >= 15 is 0 Å². The summed E-state index contributed by atoms with van der Waals surface area (Å²) in [7, 11) is 0. The van der Waals surface area contributed by atoms with Crippen molar-refractivity contribution in [2.75, 3.05) is 13.1 Å². The van der Waals surface area contributed by atoms with Crippen molar-refractivity contribution < 1.29 is 10.2 Å². The first-order valence-electron chi connectivity index (χ1n) is 4.34. The van der Waals surface area contributed by atoms with E-state index in [4.69, 9.17) is 0 Å².